The molecule has 0 saturated carbocycles. The van der Waals surface area contributed by atoms with Crippen molar-refractivity contribution in [1.82, 2.24) is 0 Å². The maximum Gasteiger partial charge on any atom is 0.164 e. The molecule has 2 rings (SSSR count). The standard InChI is InChI=1S/C13H15BrO2/c14-12-6-2-1-5-11(12)13(15)8-7-10-4-3-9-16-10/h1-2,5-6,10H,3-4,7-9H2. The number of carbonyl (C=O) groups is 1. The van der Waals surface area contributed by atoms with Gasteiger partial charge in [-0.25, -0.2) is 0 Å². The quantitative estimate of drug-likeness (QED) is 0.789. The molecule has 0 bridgehead atoms. The van der Waals surface area contributed by atoms with Gasteiger partial charge in [0.15, 0.2) is 5.78 Å². The molecule has 0 N–H and O–H groups in total. The molecule has 1 heterocycles. The summed E-state index contributed by atoms with van der Waals surface area (Å²) in [5.41, 5.74) is 0.778. The molecule has 1 unspecified atom stereocenters. The van der Waals surface area contributed by atoms with Crippen LogP contribution < -0.4 is 0 Å². The van der Waals surface area contributed by atoms with Gasteiger partial charge in [0, 0.05) is 23.1 Å². The van der Waals surface area contributed by atoms with Crippen LogP contribution in [0.4, 0.5) is 0 Å². The molecule has 1 aliphatic rings. The highest BCUT2D eigenvalue weighted by Crippen LogP contribution is 2.21. The Morgan fingerprint density at radius 1 is 1.44 bits per heavy atom. The Bertz CT molecular complexity index is 370. The van der Waals surface area contributed by atoms with Crippen LogP contribution in [-0.4, -0.2) is 18.5 Å². The van der Waals surface area contributed by atoms with Crippen molar-refractivity contribution in [2.75, 3.05) is 6.61 Å². The molecule has 1 fully saturated rings. The van der Waals surface area contributed by atoms with Crippen molar-refractivity contribution in [3.8, 4) is 0 Å². The highest BCUT2D eigenvalue weighted by atomic mass is 79.9. The van der Waals surface area contributed by atoms with Crippen molar-refractivity contribution >= 4 is 21.7 Å². The lowest BCUT2D eigenvalue weighted by Crippen LogP contribution is -2.09. The summed E-state index contributed by atoms with van der Waals surface area (Å²) in [6.07, 6.45) is 3.95. The molecule has 0 aromatic heterocycles. The number of hydrogen-bond acceptors (Lipinski definition) is 2. The minimum absolute atomic E-state index is 0.197. The zero-order valence-corrected chi connectivity index (χ0v) is 10.7. The molecule has 1 saturated heterocycles. The number of hydrogen-bond donors (Lipinski definition) is 0. The van der Waals surface area contributed by atoms with Gasteiger partial charge in [0.25, 0.3) is 0 Å². The van der Waals surface area contributed by atoms with Gasteiger partial charge in [0.2, 0.25) is 0 Å². The van der Waals surface area contributed by atoms with Gasteiger partial charge < -0.3 is 4.74 Å². The van der Waals surface area contributed by atoms with E-state index in [1.54, 1.807) is 0 Å². The number of Topliss-reactive ketones (excluding diaryl/α,β-unsaturated/α-hetero) is 1. The maximum absolute atomic E-state index is 11.9. The molecule has 16 heavy (non-hydrogen) atoms. The Balaban J connectivity index is 1.90. The van der Waals surface area contributed by atoms with E-state index >= 15 is 0 Å². The Kier molecular flexibility index (Phi) is 4.13. The van der Waals surface area contributed by atoms with Crippen LogP contribution in [0.2, 0.25) is 0 Å². The topological polar surface area (TPSA) is 26.3 Å². The van der Waals surface area contributed by atoms with Crippen LogP contribution in [0.25, 0.3) is 0 Å². The maximum atomic E-state index is 11.9. The Morgan fingerprint density at radius 3 is 2.94 bits per heavy atom. The van der Waals surface area contributed by atoms with Crippen molar-refractivity contribution in [1.29, 1.82) is 0 Å². The van der Waals surface area contributed by atoms with E-state index in [2.05, 4.69) is 15.9 Å². The first-order valence-electron chi connectivity index (χ1n) is 5.66. The van der Waals surface area contributed by atoms with Crippen molar-refractivity contribution < 1.29 is 9.53 Å². The highest BCUT2D eigenvalue weighted by Gasteiger charge is 2.17. The third-order valence-electron chi connectivity index (χ3n) is 2.89. The number of carbonyl (C=O) groups excluding carboxylic acids is 1. The summed E-state index contributed by atoms with van der Waals surface area (Å²) in [4.78, 5) is 11.9. The zero-order chi connectivity index (χ0) is 11.4. The monoisotopic (exact) mass is 282 g/mol. The fraction of sp³-hybridized carbons (Fsp3) is 0.462. The summed E-state index contributed by atoms with van der Waals surface area (Å²) in [5.74, 6) is 0.197. The van der Waals surface area contributed by atoms with Gasteiger partial charge in [0.1, 0.15) is 0 Å². The molecular weight excluding hydrogens is 268 g/mol. The van der Waals surface area contributed by atoms with Crippen molar-refractivity contribution in [2.45, 2.75) is 31.8 Å². The Hall–Kier alpha value is -0.670. The minimum atomic E-state index is 0.197. The largest absolute Gasteiger partial charge is 0.378 e. The van der Waals surface area contributed by atoms with E-state index in [1.807, 2.05) is 24.3 Å². The Labute approximate surface area is 104 Å². The molecular formula is C13H15BrO2. The van der Waals surface area contributed by atoms with Crippen LogP contribution in [0.15, 0.2) is 28.7 Å². The summed E-state index contributed by atoms with van der Waals surface area (Å²) < 4.78 is 6.39. The molecule has 86 valence electrons. The van der Waals surface area contributed by atoms with Gasteiger partial charge in [-0.1, -0.05) is 34.1 Å². The molecule has 1 aromatic carbocycles. The second-order valence-corrected chi connectivity index (χ2v) is 4.93. The normalized spacial score (nSPS) is 19.9. The van der Waals surface area contributed by atoms with E-state index in [9.17, 15) is 4.79 Å². The molecule has 0 radical (unpaired) electrons. The third-order valence-corrected chi connectivity index (χ3v) is 3.58. The zero-order valence-electron chi connectivity index (χ0n) is 9.12. The van der Waals surface area contributed by atoms with E-state index in [4.69, 9.17) is 4.74 Å². The van der Waals surface area contributed by atoms with E-state index in [0.29, 0.717) is 12.5 Å². The molecule has 2 nitrogen and oxygen atoms in total. The summed E-state index contributed by atoms with van der Waals surface area (Å²) in [6, 6.07) is 7.58. The number of halogens is 1. The van der Waals surface area contributed by atoms with Crippen LogP contribution in [-0.2, 0) is 4.74 Å². The van der Waals surface area contributed by atoms with Gasteiger partial charge in [0.05, 0.1) is 6.10 Å². The van der Waals surface area contributed by atoms with Crippen LogP contribution in [0.1, 0.15) is 36.0 Å². The first-order valence-corrected chi connectivity index (χ1v) is 6.46. The Morgan fingerprint density at radius 2 is 2.25 bits per heavy atom. The number of ether oxygens (including phenoxy) is 1. The molecule has 3 heteroatoms. The molecule has 0 amide bonds. The average molecular weight is 283 g/mol. The van der Waals surface area contributed by atoms with E-state index in [1.165, 1.54) is 0 Å². The van der Waals surface area contributed by atoms with E-state index < -0.39 is 0 Å². The van der Waals surface area contributed by atoms with Crippen LogP contribution in [0.5, 0.6) is 0 Å². The number of ketones is 1. The predicted octanol–water partition coefficient (Wildman–Crippen LogP) is 3.59. The van der Waals surface area contributed by atoms with Crippen LogP contribution in [0.3, 0.4) is 0 Å². The van der Waals surface area contributed by atoms with Crippen molar-refractivity contribution in [2.24, 2.45) is 0 Å². The first kappa shape index (κ1) is 11.8. The van der Waals surface area contributed by atoms with E-state index in [-0.39, 0.29) is 5.78 Å². The van der Waals surface area contributed by atoms with Gasteiger partial charge in [-0.3, -0.25) is 4.79 Å². The average Bonchev–Trinajstić information content (AvgIpc) is 2.79. The lowest BCUT2D eigenvalue weighted by Gasteiger charge is -2.08. The third kappa shape index (κ3) is 2.92. The van der Waals surface area contributed by atoms with Gasteiger partial charge in [-0.15, -0.1) is 0 Å². The smallest absolute Gasteiger partial charge is 0.164 e. The number of benzene rings is 1. The highest BCUT2D eigenvalue weighted by molar-refractivity contribution is 9.10. The second-order valence-electron chi connectivity index (χ2n) is 4.08. The van der Waals surface area contributed by atoms with E-state index in [0.717, 1.165) is 35.9 Å². The van der Waals surface area contributed by atoms with Crippen molar-refractivity contribution in [3.05, 3.63) is 34.3 Å². The minimum Gasteiger partial charge on any atom is -0.378 e. The van der Waals surface area contributed by atoms with Gasteiger partial charge in [-0.05, 0) is 25.3 Å². The summed E-state index contributed by atoms with van der Waals surface area (Å²) in [6.45, 7) is 0.855. The van der Waals surface area contributed by atoms with Gasteiger partial charge >= 0.3 is 0 Å². The van der Waals surface area contributed by atoms with Crippen LogP contribution in [0, 0.1) is 0 Å². The lowest BCUT2D eigenvalue weighted by molar-refractivity contribution is 0.0859. The van der Waals surface area contributed by atoms with Crippen LogP contribution >= 0.6 is 15.9 Å². The summed E-state index contributed by atoms with van der Waals surface area (Å²) in [7, 11) is 0. The van der Waals surface area contributed by atoms with Gasteiger partial charge in [-0.2, -0.15) is 0 Å². The fourth-order valence-corrected chi connectivity index (χ4v) is 2.49. The summed E-state index contributed by atoms with van der Waals surface area (Å²) in [5, 5.41) is 0. The molecule has 1 aliphatic heterocycles. The molecule has 0 spiro atoms. The molecule has 1 aromatic rings. The molecule has 1 atom stereocenters. The molecule has 0 aliphatic carbocycles. The fourth-order valence-electron chi connectivity index (χ4n) is 1.99. The number of rotatable bonds is 4. The predicted molar refractivity (Wildman–Crippen MR) is 66.7 cm³/mol. The van der Waals surface area contributed by atoms with Crippen molar-refractivity contribution in [3.63, 3.8) is 0 Å². The lowest BCUT2D eigenvalue weighted by atomic mass is 10.0. The first-order chi connectivity index (χ1) is 7.77. The summed E-state index contributed by atoms with van der Waals surface area (Å²) >= 11 is 3.40. The second kappa shape index (κ2) is 5.60. The SMILES string of the molecule is O=C(CCC1CCCO1)c1ccccc1Br.